The summed E-state index contributed by atoms with van der Waals surface area (Å²) in [5, 5.41) is 7.05. The number of imidazole rings is 1. The van der Waals surface area contributed by atoms with E-state index in [0.29, 0.717) is 24.2 Å². The summed E-state index contributed by atoms with van der Waals surface area (Å²) in [5.74, 6) is -0.147. The Morgan fingerprint density at radius 1 is 1.15 bits per heavy atom. The van der Waals surface area contributed by atoms with E-state index in [0.717, 1.165) is 24.2 Å². The van der Waals surface area contributed by atoms with Gasteiger partial charge < -0.3 is 9.88 Å². The normalized spacial score (nSPS) is 11.0. The fraction of sp³-hybridized carbons (Fsp3) is 0.211. The van der Waals surface area contributed by atoms with Crippen molar-refractivity contribution in [3.05, 3.63) is 72.7 Å². The van der Waals surface area contributed by atoms with E-state index in [4.69, 9.17) is 0 Å². The van der Waals surface area contributed by atoms with Crippen LogP contribution in [-0.2, 0) is 13.1 Å². The molecule has 136 valence electrons. The molecule has 1 N–H and O–H groups in total. The zero-order valence-electron chi connectivity index (χ0n) is 14.7. The van der Waals surface area contributed by atoms with E-state index in [-0.39, 0.29) is 5.91 Å². The quantitative estimate of drug-likeness (QED) is 0.508. The number of nitrogens with one attached hydrogen (secondary N) is 1. The average molecular weight is 361 g/mol. The van der Waals surface area contributed by atoms with Gasteiger partial charge in [-0.15, -0.1) is 0 Å². The highest BCUT2D eigenvalue weighted by Crippen LogP contribution is 2.13. The Balaban J connectivity index is 1.38. The zero-order chi connectivity index (χ0) is 18.5. The van der Waals surface area contributed by atoms with Gasteiger partial charge >= 0.3 is 0 Å². The van der Waals surface area contributed by atoms with E-state index >= 15 is 0 Å². The van der Waals surface area contributed by atoms with Gasteiger partial charge in [-0.1, -0.05) is 6.07 Å². The van der Waals surface area contributed by atoms with E-state index < -0.39 is 0 Å². The Morgan fingerprint density at radius 3 is 2.93 bits per heavy atom. The number of fused-ring (bicyclic) bond motifs is 1. The first-order valence-electron chi connectivity index (χ1n) is 8.75. The molecule has 0 aliphatic rings. The van der Waals surface area contributed by atoms with E-state index in [2.05, 4.69) is 25.4 Å². The van der Waals surface area contributed by atoms with Crippen molar-refractivity contribution in [2.75, 3.05) is 6.54 Å². The van der Waals surface area contributed by atoms with Crippen LogP contribution in [0.4, 0.5) is 0 Å². The van der Waals surface area contributed by atoms with Crippen LogP contribution in [0.1, 0.15) is 22.3 Å². The van der Waals surface area contributed by atoms with Crippen LogP contribution in [0.2, 0.25) is 0 Å². The number of pyridine rings is 2. The molecule has 0 spiro atoms. The monoisotopic (exact) mass is 361 g/mol. The van der Waals surface area contributed by atoms with E-state index in [1.807, 2.05) is 39.8 Å². The molecular formula is C19H19N7O. The molecule has 1 amide bonds. The molecule has 4 aromatic rings. The lowest BCUT2D eigenvalue weighted by Gasteiger charge is -2.06. The fourth-order valence-electron chi connectivity index (χ4n) is 2.85. The number of hydrogen-bond donors (Lipinski definition) is 1. The maximum Gasteiger partial charge on any atom is 0.252 e. The molecule has 0 saturated heterocycles. The third-order valence-electron chi connectivity index (χ3n) is 4.20. The summed E-state index contributed by atoms with van der Waals surface area (Å²) in [6, 6.07) is 7.55. The molecule has 0 saturated carbocycles. The van der Waals surface area contributed by atoms with Crippen molar-refractivity contribution in [3.63, 3.8) is 0 Å². The SMILES string of the molecule is O=C(NCCCn1cccn1)c1cnc2c(c1)ncn2Cc1cccnc1. The van der Waals surface area contributed by atoms with Gasteiger partial charge in [0.05, 0.1) is 18.4 Å². The van der Waals surface area contributed by atoms with Crippen molar-refractivity contribution >= 4 is 17.1 Å². The van der Waals surface area contributed by atoms with Crippen LogP contribution in [0.5, 0.6) is 0 Å². The number of carbonyl (C=O) groups is 1. The van der Waals surface area contributed by atoms with Crippen molar-refractivity contribution in [2.45, 2.75) is 19.5 Å². The Hall–Kier alpha value is -3.55. The van der Waals surface area contributed by atoms with Crippen LogP contribution in [0.15, 0.2) is 61.6 Å². The molecule has 4 aromatic heterocycles. The summed E-state index contributed by atoms with van der Waals surface area (Å²) in [7, 11) is 0. The number of aryl methyl sites for hydroxylation is 1. The second-order valence-corrected chi connectivity index (χ2v) is 6.18. The van der Waals surface area contributed by atoms with Gasteiger partial charge in [-0.2, -0.15) is 5.10 Å². The van der Waals surface area contributed by atoms with Crippen LogP contribution in [-0.4, -0.2) is 41.8 Å². The largest absolute Gasteiger partial charge is 0.352 e. The van der Waals surface area contributed by atoms with Crippen LogP contribution in [0, 0.1) is 0 Å². The maximum atomic E-state index is 12.3. The molecule has 0 aromatic carbocycles. The standard InChI is InChI=1S/C19H19N7O/c27-19(21-6-2-8-26-9-3-7-24-26)16-10-17-18(22-12-16)25(14-23-17)13-15-4-1-5-20-11-15/h1,3-5,7,9-12,14H,2,6,8,13H2,(H,21,27). The van der Waals surface area contributed by atoms with Gasteiger partial charge in [0.25, 0.3) is 5.91 Å². The van der Waals surface area contributed by atoms with Crippen molar-refractivity contribution in [3.8, 4) is 0 Å². The molecule has 8 heteroatoms. The highest BCUT2D eigenvalue weighted by molar-refractivity contribution is 5.96. The minimum atomic E-state index is -0.147. The fourth-order valence-corrected chi connectivity index (χ4v) is 2.85. The Bertz CT molecular complexity index is 1020. The Labute approximate surface area is 155 Å². The second kappa shape index (κ2) is 7.77. The van der Waals surface area contributed by atoms with Gasteiger partial charge in [0, 0.05) is 44.1 Å². The summed E-state index contributed by atoms with van der Waals surface area (Å²) in [4.78, 5) is 25.3. The van der Waals surface area contributed by atoms with Gasteiger partial charge in [0.2, 0.25) is 0 Å². The predicted molar refractivity (Wildman–Crippen MR) is 100 cm³/mol. The molecule has 0 fully saturated rings. The Kier molecular flexibility index (Phi) is 4.86. The van der Waals surface area contributed by atoms with Gasteiger partial charge in [-0.25, -0.2) is 9.97 Å². The number of carbonyl (C=O) groups excluding carboxylic acids is 1. The first-order chi connectivity index (χ1) is 13.3. The van der Waals surface area contributed by atoms with E-state index in [1.165, 1.54) is 0 Å². The van der Waals surface area contributed by atoms with Crippen LogP contribution in [0.3, 0.4) is 0 Å². The highest BCUT2D eigenvalue weighted by atomic mass is 16.1. The summed E-state index contributed by atoms with van der Waals surface area (Å²) in [6.45, 7) is 1.98. The molecule has 0 radical (unpaired) electrons. The molecule has 0 aliphatic carbocycles. The minimum absolute atomic E-state index is 0.147. The molecule has 27 heavy (non-hydrogen) atoms. The van der Waals surface area contributed by atoms with Crippen molar-refractivity contribution in [1.29, 1.82) is 0 Å². The van der Waals surface area contributed by atoms with Gasteiger partial charge in [0.1, 0.15) is 5.52 Å². The van der Waals surface area contributed by atoms with Gasteiger partial charge in [0.15, 0.2) is 5.65 Å². The molecule has 0 atom stereocenters. The Morgan fingerprint density at radius 2 is 2.11 bits per heavy atom. The molecule has 0 bridgehead atoms. The lowest BCUT2D eigenvalue weighted by atomic mass is 10.2. The third-order valence-corrected chi connectivity index (χ3v) is 4.20. The van der Waals surface area contributed by atoms with Gasteiger partial charge in [-0.3, -0.25) is 14.5 Å². The summed E-state index contributed by atoms with van der Waals surface area (Å²) < 4.78 is 3.78. The molecule has 8 nitrogen and oxygen atoms in total. The second-order valence-electron chi connectivity index (χ2n) is 6.18. The van der Waals surface area contributed by atoms with Crippen molar-refractivity contribution in [2.24, 2.45) is 0 Å². The zero-order valence-corrected chi connectivity index (χ0v) is 14.7. The van der Waals surface area contributed by atoms with Crippen molar-refractivity contribution in [1.82, 2.24) is 34.6 Å². The molecular weight excluding hydrogens is 342 g/mol. The number of rotatable bonds is 7. The van der Waals surface area contributed by atoms with Crippen LogP contribution < -0.4 is 5.32 Å². The smallest absolute Gasteiger partial charge is 0.252 e. The maximum absolute atomic E-state index is 12.3. The molecule has 4 heterocycles. The summed E-state index contributed by atoms with van der Waals surface area (Å²) >= 11 is 0. The topological polar surface area (TPSA) is 90.5 Å². The van der Waals surface area contributed by atoms with E-state index in [9.17, 15) is 4.79 Å². The molecule has 0 unspecified atom stereocenters. The third kappa shape index (κ3) is 4.00. The molecule has 4 rings (SSSR count). The van der Waals surface area contributed by atoms with Crippen LogP contribution >= 0.6 is 0 Å². The van der Waals surface area contributed by atoms with Crippen LogP contribution in [0.25, 0.3) is 11.2 Å². The number of nitrogens with zero attached hydrogens (tertiary/aromatic N) is 6. The summed E-state index contributed by atoms with van der Waals surface area (Å²) in [5.41, 5.74) is 3.02. The van der Waals surface area contributed by atoms with Crippen molar-refractivity contribution < 1.29 is 4.79 Å². The minimum Gasteiger partial charge on any atom is -0.352 e. The lowest BCUT2D eigenvalue weighted by Crippen LogP contribution is -2.25. The van der Waals surface area contributed by atoms with E-state index in [1.54, 1.807) is 31.0 Å². The van der Waals surface area contributed by atoms with Gasteiger partial charge in [-0.05, 0) is 30.2 Å². The lowest BCUT2D eigenvalue weighted by molar-refractivity contribution is 0.0952. The number of amides is 1. The molecule has 0 aliphatic heterocycles. The number of hydrogen-bond acceptors (Lipinski definition) is 5. The first-order valence-corrected chi connectivity index (χ1v) is 8.75. The highest BCUT2D eigenvalue weighted by Gasteiger charge is 2.10. The average Bonchev–Trinajstić information content (AvgIpc) is 3.36. The number of aromatic nitrogens is 6. The first kappa shape index (κ1) is 16.9. The summed E-state index contributed by atoms with van der Waals surface area (Å²) in [6.07, 6.45) is 11.3. The predicted octanol–water partition coefficient (Wildman–Crippen LogP) is 1.89.